The predicted octanol–water partition coefficient (Wildman–Crippen LogP) is 1.76. The summed E-state index contributed by atoms with van der Waals surface area (Å²) in [5.74, 6) is -0.765. The van der Waals surface area contributed by atoms with Gasteiger partial charge in [0.15, 0.2) is 0 Å². The summed E-state index contributed by atoms with van der Waals surface area (Å²) in [6.45, 7) is 2.42. The molecule has 0 saturated heterocycles. The summed E-state index contributed by atoms with van der Waals surface area (Å²) in [4.78, 5) is 11.2. The first-order valence-electron chi connectivity index (χ1n) is 6.17. The minimum absolute atomic E-state index is 0.218. The molecule has 0 aromatic carbocycles. The lowest BCUT2D eigenvalue weighted by Crippen LogP contribution is -2.38. The molecule has 0 aliphatic heterocycles. The van der Waals surface area contributed by atoms with Crippen molar-refractivity contribution in [1.29, 1.82) is 0 Å². The van der Waals surface area contributed by atoms with E-state index in [9.17, 15) is 9.90 Å². The summed E-state index contributed by atoms with van der Waals surface area (Å²) >= 11 is 0. The van der Waals surface area contributed by atoms with E-state index in [1.54, 1.807) is 0 Å². The summed E-state index contributed by atoms with van der Waals surface area (Å²) in [6, 6.07) is 0. The van der Waals surface area contributed by atoms with E-state index in [4.69, 9.17) is 10.8 Å². The summed E-state index contributed by atoms with van der Waals surface area (Å²) in [5.41, 5.74) is 4.89. The van der Waals surface area contributed by atoms with Gasteiger partial charge in [0.25, 0.3) is 0 Å². The van der Waals surface area contributed by atoms with Gasteiger partial charge in [0.2, 0.25) is 0 Å². The van der Waals surface area contributed by atoms with Crippen molar-refractivity contribution in [3.63, 3.8) is 0 Å². The van der Waals surface area contributed by atoms with Crippen LogP contribution in [-0.4, -0.2) is 29.3 Å². The summed E-state index contributed by atoms with van der Waals surface area (Å²) < 4.78 is 0. The van der Waals surface area contributed by atoms with Crippen LogP contribution in [0, 0.1) is 5.41 Å². The molecule has 96 valence electrons. The standard InChI is InChI=1S/C12H25NO3/c1-2-7-12(10-13,11(15)16)8-5-3-4-6-9-14/h14H,2-10,13H2,1H3,(H,15,16). The molecule has 0 aliphatic carbocycles. The van der Waals surface area contributed by atoms with E-state index >= 15 is 0 Å². The van der Waals surface area contributed by atoms with Crippen molar-refractivity contribution >= 4 is 5.97 Å². The van der Waals surface area contributed by atoms with Gasteiger partial charge in [-0.2, -0.15) is 0 Å². The molecule has 0 heterocycles. The van der Waals surface area contributed by atoms with Crippen molar-refractivity contribution in [2.75, 3.05) is 13.2 Å². The largest absolute Gasteiger partial charge is 0.481 e. The Morgan fingerprint density at radius 2 is 1.81 bits per heavy atom. The van der Waals surface area contributed by atoms with Gasteiger partial charge in [0.1, 0.15) is 0 Å². The molecular formula is C12H25NO3. The highest BCUT2D eigenvalue weighted by Gasteiger charge is 2.35. The smallest absolute Gasteiger partial charge is 0.310 e. The molecule has 0 radical (unpaired) electrons. The highest BCUT2D eigenvalue weighted by molar-refractivity contribution is 5.74. The Balaban J connectivity index is 4.05. The van der Waals surface area contributed by atoms with E-state index < -0.39 is 11.4 Å². The summed E-state index contributed by atoms with van der Waals surface area (Å²) in [6.07, 6.45) is 5.76. The van der Waals surface area contributed by atoms with Crippen LogP contribution in [0.5, 0.6) is 0 Å². The zero-order chi connectivity index (χ0) is 12.4. The maximum absolute atomic E-state index is 11.2. The number of aliphatic carboxylic acids is 1. The van der Waals surface area contributed by atoms with Crippen LogP contribution in [0.1, 0.15) is 51.9 Å². The Morgan fingerprint density at radius 3 is 2.25 bits per heavy atom. The second kappa shape index (κ2) is 8.53. The predicted molar refractivity (Wildman–Crippen MR) is 64.2 cm³/mol. The van der Waals surface area contributed by atoms with Crippen molar-refractivity contribution < 1.29 is 15.0 Å². The zero-order valence-corrected chi connectivity index (χ0v) is 10.2. The molecular weight excluding hydrogens is 206 g/mol. The van der Waals surface area contributed by atoms with Crippen LogP contribution in [0.2, 0.25) is 0 Å². The second-order valence-corrected chi connectivity index (χ2v) is 4.43. The van der Waals surface area contributed by atoms with E-state index in [2.05, 4.69) is 0 Å². The fraction of sp³-hybridized carbons (Fsp3) is 0.917. The van der Waals surface area contributed by atoms with Crippen molar-refractivity contribution in [1.82, 2.24) is 0 Å². The van der Waals surface area contributed by atoms with E-state index in [0.717, 1.165) is 32.1 Å². The number of aliphatic hydroxyl groups is 1. The van der Waals surface area contributed by atoms with Gasteiger partial charge in [-0.15, -0.1) is 0 Å². The van der Waals surface area contributed by atoms with E-state index in [-0.39, 0.29) is 13.2 Å². The Hall–Kier alpha value is -0.610. The maximum atomic E-state index is 11.2. The molecule has 0 rings (SSSR count). The summed E-state index contributed by atoms with van der Waals surface area (Å²) in [7, 11) is 0. The molecule has 16 heavy (non-hydrogen) atoms. The topological polar surface area (TPSA) is 83.5 Å². The monoisotopic (exact) mass is 231 g/mol. The Kier molecular flexibility index (Phi) is 8.21. The Labute approximate surface area is 97.8 Å². The molecule has 4 heteroatoms. The number of hydrogen-bond donors (Lipinski definition) is 3. The number of carboxylic acids is 1. The van der Waals surface area contributed by atoms with Crippen LogP contribution >= 0.6 is 0 Å². The number of aliphatic hydroxyl groups excluding tert-OH is 1. The molecule has 0 saturated carbocycles. The van der Waals surface area contributed by atoms with E-state index in [1.807, 2.05) is 6.92 Å². The fourth-order valence-corrected chi connectivity index (χ4v) is 2.04. The number of hydrogen-bond acceptors (Lipinski definition) is 3. The Morgan fingerprint density at radius 1 is 1.19 bits per heavy atom. The molecule has 4 N–H and O–H groups in total. The van der Waals surface area contributed by atoms with Gasteiger partial charge in [-0.1, -0.05) is 32.6 Å². The molecule has 0 aromatic heterocycles. The number of rotatable bonds is 10. The number of unbranched alkanes of at least 4 members (excludes halogenated alkanes) is 3. The number of carbonyl (C=O) groups is 1. The molecule has 1 unspecified atom stereocenters. The molecule has 0 spiro atoms. The van der Waals surface area contributed by atoms with Gasteiger partial charge in [0.05, 0.1) is 5.41 Å². The average Bonchev–Trinajstić information content (AvgIpc) is 2.27. The van der Waals surface area contributed by atoms with Crippen molar-refractivity contribution in [2.45, 2.75) is 51.9 Å². The van der Waals surface area contributed by atoms with Crippen LogP contribution in [0.3, 0.4) is 0 Å². The van der Waals surface area contributed by atoms with Gasteiger partial charge < -0.3 is 15.9 Å². The first-order valence-corrected chi connectivity index (χ1v) is 6.17. The second-order valence-electron chi connectivity index (χ2n) is 4.43. The van der Waals surface area contributed by atoms with Crippen molar-refractivity contribution in [3.8, 4) is 0 Å². The van der Waals surface area contributed by atoms with Crippen LogP contribution in [0.15, 0.2) is 0 Å². The van der Waals surface area contributed by atoms with Gasteiger partial charge in [-0.3, -0.25) is 4.79 Å². The normalized spacial score (nSPS) is 14.7. The van der Waals surface area contributed by atoms with Crippen LogP contribution in [0.25, 0.3) is 0 Å². The lowest BCUT2D eigenvalue weighted by Gasteiger charge is -2.27. The van der Waals surface area contributed by atoms with E-state index in [1.165, 1.54) is 0 Å². The van der Waals surface area contributed by atoms with Gasteiger partial charge >= 0.3 is 5.97 Å². The number of carboxylic acid groups (broad SMARTS) is 1. The van der Waals surface area contributed by atoms with Crippen LogP contribution in [-0.2, 0) is 4.79 Å². The molecule has 0 amide bonds. The maximum Gasteiger partial charge on any atom is 0.310 e. The third-order valence-electron chi connectivity index (χ3n) is 3.14. The van der Waals surface area contributed by atoms with Crippen LogP contribution in [0.4, 0.5) is 0 Å². The lowest BCUT2D eigenvalue weighted by atomic mass is 9.78. The molecule has 4 nitrogen and oxygen atoms in total. The molecule has 1 atom stereocenters. The lowest BCUT2D eigenvalue weighted by molar-refractivity contribution is -0.149. The van der Waals surface area contributed by atoms with Gasteiger partial charge in [-0.25, -0.2) is 0 Å². The first-order chi connectivity index (χ1) is 7.63. The third kappa shape index (κ3) is 4.94. The highest BCUT2D eigenvalue weighted by Crippen LogP contribution is 2.30. The minimum Gasteiger partial charge on any atom is -0.481 e. The first kappa shape index (κ1) is 15.4. The number of nitrogens with two attached hydrogens (primary N) is 1. The SMILES string of the molecule is CCCC(CN)(CCCCCCO)C(=O)O. The fourth-order valence-electron chi connectivity index (χ4n) is 2.04. The molecule has 0 aromatic rings. The van der Waals surface area contributed by atoms with E-state index in [0.29, 0.717) is 12.8 Å². The van der Waals surface area contributed by atoms with Crippen LogP contribution < -0.4 is 5.73 Å². The van der Waals surface area contributed by atoms with Gasteiger partial charge in [-0.05, 0) is 19.3 Å². The minimum atomic E-state index is -0.765. The molecule has 0 bridgehead atoms. The van der Waals surface area contributed by atoms with Crippen molar-refractivity contribution in [2.24, 2.45) is 11.1 Å². The average molecular weight is 231 g/mol. The highest BCUT2D eigenvalue weighted by atomic mass is 16.4. The zero-order valence-electron chi connectivity index (χ0n) is 10.2. The molecule has 0 fully saturated rings. The Bertz CT molecular complexity index is 197. The van der Waals surface area contributed by atoms with Gasteiger partial charge in [0, 0.05) is 13.2 Å². The quantitative estimate of drug-likeness (QED) is 0.500. The summed E-state index contributed by atoms with van der Waals surface area (Å²) in [5, 5.41) is 17.9. The van der Waals surface area contributed by atoms with Crippen molar-refractivity contribution in [3.05, 3.63) is 0 Å². The third-order valence-corrected chi connectivity index (χ3v) is 3.14. The molecule has 0 aliphatic rings.